The Morgan fingerprint density at radius 3 is 3.05 bits per heavy atom. The van der Waals surface area contributed by atoms with Crippen LogP contribution in [0.25, 0.3) is 0 Å². The highest BCUT2D eigenvalue weighted by Gasteiger charge is 2.18. The number of ether oxygens (including phenoxy) is 2. The summed E-state index contributed by atoms with van der Waals surface area (Å²) in [5.74, 6) is -0.643. The van der Waals surface area contributed by atoms with Crippen molar-refractivity contribution in [1.82, 2.24) is 0 Å². The number of non-ortho nitro benzene ring substituents is 1. The van der Waals surface area contributed by atoms with Gasteiger partial charge in [0, 0.05) is 18.7 Å². The lowest BCUT2D eigenvalue weighted by atomic mass is 10.2. The lowest BCUT2D eigenvalue weighted by Gasteiger charge is -2.18. The molecule has 20 heavy (non-hydrogen) atoms. The number of nitrogens with one attached hydrogen (secondary N) is 1. The van der Waals surface area contributed by atoms with Gasteiger partial charge in [0.15, 0.2) is 5.82 Å². The second-order valence-corrected chi connectivity index (χ2v) is 4.79. The van der Waals surface area contributed by atoms with Crippen molar-refractivity contribution < 1.29 is 18.8 Å². The fraction of sp³-hybridized carbons (Fsp3) is 0.538. The number of rotatable bonds is 6. The highest BCUT2D eigenvalue weighted by molar-refractivity contribution is 5.50. The van der Waals surface area contributed by atoms with Gasteiger partial charge in [0.25, 0.3) is 5.69 Å². The molecule has 0 radical (unpaired) electrons. The maximum atomic E-state index is 13.7. The predicted octanol–water partition coefficient (Wildman–Crippen LogP) is 2.34. The average Bonchev–Trinajstić information content (AvgIpc) is 2.91. The van der Waals surface area contributed by atoms with Crippen LogP contribution in [0.1, 0.15) is 13.3 Å². The molecule has 0 aromatic heterocycles. The lowest BCUT2D eigenvalue weighted by Crippen LogP contribution is -2.26. The summed E-state index contributed by atoms with van der Waals surface area (Å²) < 4.78 is 24.5. The first-order valence-corrected chi connectivity index (χ1v) is 6.46. The second-order valence-electron chi connectivity index (χ2n) is 4.79. The van der Waals surface area contributed by atoms with Crippen LogP contribution in [-0.4, -0.2) is 36.9 Å². The third-order valence-corrected chi connectivity index (χ3v) is 3.04. The van der Waals surface area contributed by atoms with Gasteiger partial charge in [0.1, 0.15) is 0 Å². The highest BCUT2D eigenvalue weighted by Crippen LogP contribution is 2.21. The molecule has 1 heterocycles. The molecule has 1 N–H and O–H groups in total. The van der Waals surface area contributed by atoms with Gasteiger partial charge >= 0.3 is 0 Å². The molecule has 1 aliphatic rings. The molecule has 1 fully saturated rings. The standard InChI is InChI=1S/C13H17FN2O4/c1-9(7-20-11-4-5-19-8-11)15-13-3-2-10(16(17)18)6-12(13)14/h2-3,6,9,11,15H,4-5,7-8H2,1H3. The molecule has 0 amide bonds. The average molecular weight is 284 g/mol. The van der Waals surface area contributed by atoms with E-state index >= 15 is 0 Å². The molecule has 0 spiro atoms. The molecule has 1 aromatic rings. The lowest BCUT2D eigenvalue weighted by molar-refractivity contribution is -0.385. The van der Waals surface area contributed by atoms with Crippen LogP contribution in [0.2, 0.25) is 0 Å². The number of nitrogens with zero attached hydrogens (tertiary/aromatic N) is 1. The van der Waals surface area contributed by atoms with Crippen molar-refractivity contribution in [3.8, 4) is 0 Å². The first kappa shape index (κ1) is 14.7. The molecular formula is C13H17FN2O4. The van der Waals surface area contributed by atoms with Gasteiger partial charge in [-0.05, 0) is 19.4 Å². The van der Waals surface area contributed by atoms with Gasteiger partial charge < -0.3 is 14.8 Å². The van der Waals surface area contributed by atoms with Crippen LogP contribution >= 0.6 is 0 Å². The van der Waals surface area contributed by atoms with Crippen LogP contribution in [0.5, 0.6) is 0 Å². The summed E-state index contributed by atoms with van der Waals surface area (Å²) in [6, 6.07) is 3.43. The Morgan fingerprint density at radius 2 is 2.45 bits per heavy atom. The smallest absolute Gasteiger partial charge is 0.272 e. The quantitative estimate of drug-likeness (QED) is 0.641. The Morgan fingerprint density at radius 1 is 1.65 bits per heavy atom. The third-order valence-electron chi connectivity index (χ3n) is 3.04. The summed E-state index contributed by atoms with van der Waals surface area (Å²) in [7, 11) is 0. The summed E-state index contributed by atoms with van der Waals surface area (Å²) in [6.45, 7) is 3.59. The minimum atomic E-state index is -0.643. The number of hydrogen-bond acceptors (Lipinski definition) is 5. The van der Waals surface area contributed by atoms with E-state index in [2.05, 4.69) is 5.32 Å². The molecule has 2 atom stereocenters. The normalized spacial score (nSPS) is 19.8. The number of halogens is 1. The summed E-state index contributed by atoms with van der Waals surface area (Å²) in [5, 5.41) is 13.5. The van der Waals surface area contributed by atoms with Gasteiger partial charge in [-0.1, -0.05) is 0 Å². The predicted molar refractivity (Wildman–Crippen MR) is 71.3 cm³/mol. The van der Waals surface area contributed by atoms with Gasteiger partial charge in [-0.15, -0.1) is 0 Å². The molecule has 1 aromatic carbocycles. The Bertz CT molecular complexity index is 477. The van der Waals surface area contributed by atoms with E-state index in [9.17, 15) is 14.5 Å². The second kappa shape index (κ2) is 6.62. The molecule has 1 aliphatic heterocycles. The van der Waals surface area contributed by atoms with E-state index in [4.69, 9.17) is 9.47 Å². The van der Waals surface area contributed by atoms with E-state index in [-0.39, 0.29) is 23.5 Å². The Balaban J connectivity index is 1.86. The maximum absolute atomic E-state index is 13.7. The molecule has 7 heteroatoms. The zero-order valence-electron chi connectivity index (χ0n) is 11.2. The minimum absolute atomic E-state index is 0.0981. The minimum Gasteiger partial charge on any atom is -0.379 e. The SMILES string of the molecule is CC(COC1CCOC1)Nc1ccc([N+](=O)[O-])cc1F. The van der Waals surface area contributed by atoms with Gasteiger partial charge in [0.05, 0.1) is 36.0 Å². The van der Waals surface area contributed by atoms with E-state index in [1.165, 1.54) is 12.1 Å². The molecule has 6 nitrogen and oxygen atoms in total. The van der Waals surface area contributed by atoms with E-state index in [0.29, 0.717) is 19.8 Å². The Hall–Kier alpha value is -1.73. The molecule has 0 aliphatic carbocycles. The zero-order valence-corrected chi connectivity index (χ0v) is 11.2. The maximum Gasteiger partial charge on any atom is 0.272 e. The van der Waals surface area contributed by atoms with Crippen molar-refractivity contribution >= 4 is 11.4 Å². The molecule has 1 saturated heterocycles. The fourth-order valence-electron chi connectivity index (χ4n) is 1.97. The third kappa shape index (κ3) is 3.88. The van der Waals surface area contributed by atoms with Gasteiger partial charge in [-0.2, -0.15) is 0 Å². The zero-order chi connectivity index (χ0) is 14.5. The fourth-order valence-corrected chi connectivity index (χ4v) is 1.97. The van der Waals surface area contributed by atoms with E-state index in [1.807, 2.05) is 6.92 Å². The highest BCUT2D eigenvalue weighted by atomic mass is 19.1. The molecule has 0 bridgehead atoms. The van der Waals surface area contributed by atoms with Crippen molar-refractivity contribution in [2.75, 3.05) is 25.1 Å². The number of nitro benzene ring substituents is 1. The first-order valence-electron chi connectivity index (χ1n) is 6.46. The van der Waals surface area contributed by atoms with E-state index in [1.54, 1.807) is 0 Å². The van der Waals surface area contributed by atoms with Crippen LogP contribution in [0.4, 0.5) is 15.8 Å². The summed E-state index contributed by atoms with van der Waals surface area (Å²) in [6.07, 6.45) is 0.972. The molecule has 2 rings (SSSR count). The van der Waals surface area contributed by atoms with Crippen LogP contribution in [0, 0.1) is 15.9 Å². The summed E-state index contributed by atoms with van der Waals surface area (Å²) >= 11 is 0. The molecule has 2 unspecified atom stereocenters. The monoisotopic (exact) mass is 284 g/mol. The summed E-state index contributed by atoms with van der Waals surface area (Å²) in [4.78, 5) is 9.90. The van der Waals surface area contributed by atoms with Crippen LogP contribution in [0.15, 0.2) is 18.2 Å². The van der Waals surface area contributed by atoms with E-state index in [0.717, 1.165) is 12.5 Å². The molecular weight excluding hydrogens is 267 g/mol. The van der Waals surface area contributed by atoms with Gasteiger partial charge in [-0.3, -0.25) is 10.1 Å². The van der Waals surface area contributed by atoms with Crippen molar-refractivity contribution in [2.45, 2.75) is 25.5 Å². The van der Waals surface area contributed by atoms with E-state index < -0.39 is 10.7 Å². The van der Waals surface area contributed by atoms with Crippen LogP contribution in [0.3, 0.4) is 0 Å². The van der Waals surface area contributed by atoms with Crippen LogP contribution < -0.4 is 5.32 Å². The Labute approximate surface area is 116 Å². The molecule has 0 saturated carbocycles. The Kier molecular flexibility index (Phi) is 4.86. The number of anilines is 1. The van der Waals surface area contributed by atoms with Crippen molar-refractivity contribution in [3.63, 3.8) is 0 Å². The topological polar surface area (TPSA) is 73.6 Å². The largest absolute Gasteiger partial charge is 0.379 e. The number of benzene rings is 1. The summed E-state index contributed by atoms with van der Waals surface area (Å²) in [5.41, 5.74) is -0.0329. The van der Waals surface area contributed by atoms with Crippen LogP contribution in [-0.2, 0) is 9.47 Å². The van der Waals surface area contributed by atoms with Crippen molar-refractivity contribution in [2.24, 2.45) is 0 Å². The van der Waals surface area contributed by atoms with Crippen molar-refractivity contribution in [3.05, 3.63) is 34.1 Å². The number of nitro groups is 1. The molecule has 110 valence electrons. The van der Waals surface area contributed by atoms with Crippen molar-refractivity contribution in [1.29, 1.82) is 0 Å². The van der Waals surface area contributed by atoms with Gasteiger partial charge in [-0.25, -0.2) is 4.39 Å². The number of hydrogen-bond donors (Lipinski definition) is 1. The van der Waals surface area contributed by atoms with Gasteiger partial charge in [0.2, 0.25) is 0 Å². The first-order chi connectivity index (χ1) is 9.56.